The molecule has 2 atom stereocenters. The van der Waals surface area contributed by atoms with Gasteiger partial charge in [-0.1, -0.05) is 224 Å². The Morgan fingerprint density at radius 3 is 1.64 bits per heavy atom. The van der Waals surface area contributed by atoms with E-state index in [9.17, 15) is 0 Å². The zero-order valence-electron chi connectivity index (χ0n) is 39.7. The van der Waals surface area contributed by atoms with E-state index in [-0.39, 0.29) is 22.2 Å². The molecule has 8 aromatic carbocycles. The first-order valence-corrected chi connectivity index (χ1v) is 24.1. The molecule has 1 nitrogen and oxygen atoms in total. The van der Waals surface area contributed by atoms with Gasteiger partial charge in [-0.3, -0.25) is 0 Å². The first-order valence-electron chi connectivity index (χ1n) is 24.1. The lowest BCUT2D eigenvalue weighted by Crippen LogP contribution is -2.33. The second-order valence-electron chi connectivity index (χ2n) is 21.4. The fourth-order valence-corrected chi connectivity index (χ4v) is 12.2. The third-order valence-corrected chi connectivity index (χ3v) is 15.9. The Balaban J connectivity index is 1.20. The van der Waals surface area contributed by atoms with Crippen molar-refractivity contribution in [3.8, 4) is 33.4 Å². The molecule has 0 aromatic heterocycles. The third-order valence-electron chi connectivity index (χ3n) is 15.9. The summed E-state index contributed by atoms with van der Waals surface area (Å²) in [5.74, 6) is 0.0541. The molecule has 1 heteroatoms. The molecule has 12 rings (SSSR count). The van der Waals surface area contributed by atoms with Crippen LogP contribution in [0.2, 0.25) is 0 Å². The largest absolute Gasteiger partial charge is 0.310 e. The van der Waals surface area contributed by atoms with Crippen LogP contribution in [0.15, 0.2) is 218 Å². The third kappa shape index (κ3) is 6.20. The van der Waals surface area contributed by atoms with E-state index >= 15 is 0 Å². The summed E-state index contributed by atoms with van der Waals surface area (Å²) in [6, 6.07) is 71.8. The lowest BCUT2D eigenvalue weighted by atomic mass is 9.63. The second kappa shape index (κ2) is 14.9. The standard InChI is InChI=1S/C66H57N/c1-63(2,3)47-38-48-40-49(39-47)66(46-28-26-44(27-29-46)43-18-10-8-11-19-43)60-25-17-15-23-55(60)57-36-32-52(42-62(57)66)67(51-31-35-56-54-22-14-16-24-58(54)65(6,7)61(56)41-51)50-30-34-53(45-20-12-9-13-21-45)59(37-33-50)64(48,4)5/h8-42,59H,1-7H3. The molecule has 0 fully saturated rings. The molecule has 8 aromatic rings. The van der Waals surface area contributed by atoms with E-state index in [1.807, 2.05) is 0 Å². The predicted molar refractivity (Wildman–Crippen MR) is 282 cm³/mol. The predicted octanol–water partition coefficient (Wildman–Crippen LogP) is 16.9. The number of benzene rings is 8. The molecule has 4 aliphatic rings. The highest BCUT2D eigenvalue weighted by molar-refractivity contribution is 5.91. The van der Waals surface area contributed by atoms with Crippen molar-refractivity contribution in [1.82, 2.24) is 0 Å². The molecule has 0 saturated carbocycles. The SMILES string of the molecule is CC(C)(C)c1cc2cc(c1)C(C)(C)C1C=CC(=CC=C1c1ccccc1)N(c1ccc3c(c1)C(C)(C)c1ccccc1-3)c1ccc3c(c1)C2(c1ccc(-c2ccccc2)cc1)c1ccccc1-3. The number of fused-ring (bicyclic) bond motifs is 12. The normalized spacial score (nSPS) is 19.2. The van der Waals surface area contributed by atoms with Gasteiger partial charge in [0.05, 0.1) is 5.41 Å². The zero-order valence-corrected chi connectivity index (χ0v) is 39.7. The molecule has 67 heavy (non-hydrogen) atoms. The van der Waals surface area contributed by atoms with E-state index in [0.29, 0.717) is 0 Å². The van der Waals surface area contributed by atoms with Crippen LogP contribution in [0, 0.1) is 5.92 Å². The van der Waals surface area contributed by atoms with Crippen LogP contribution >= 0.6 is 0 Å². The van der Waals surface area contributed by atoms with E-state index in [0.717, 1.165) is 17.1 Å². The van der Waals surface area contributed by atoms with E-state index in [1.165, 1.54) is 89.0 Å². The van der Waals surface area contributed by atoms with Gasteiger partial charge in [-0.15, -0.1) is 0 Å². The first-order chi connectivity index (χ1) is 32.3. The maximum absolute atomic E-state index is 2.59. The van der Waals surface area contributed by atoms with Crippen molar-refractivity contribution in [2.75, 3.05) is 4.90 Å². The number of hydrogen-bond donors (Lipinski definition) is 0. The van der Waals surface area contributed by atoms with E-state index in [1.54, 1.807) is 0 Å². The molecule has 0 saturated heterocycles. The van der Waals surface area contributed by atoms with Crippen molar-refractivity contribution in [3.63, 3.8) is 0 Å². The highest BCUT2D eigenvalue weighted by atomic mass is 15.1. The van der Waals surface area contributed by atoms with Gasteiger partial charge in [0.15, 0.2) is 0 Å². The minimum Gasteiger partial charge on any atom is -0.310 e. The van der Waals surface area contributed by atoms with Crippen LogP contribution in [0.5, 0.6) is 0 Å². The molecular formula is C66H57N. The molecule has 1 heterocycles. The number of rotatable bonds is 4. The summed E-state index contributed by atoms with van der Waals surface area (Å²) < 4.78 is 0. The molecule has 0 amide bonds. The van der Waals surface area contributed by atoms with Gasteiger partial charge in [-0.2, -0.15) is 0 Å². The van der Waals surface area contributed by atoms with Gasteiger partial charge in [-0.05, 0) is 131 Å². The highest BCUT2D eigenvalue weighted by Crippen LogP contribution is 2.59. The molecule has 326 valence electrons. The topological polar surface area (TPSA) is 3.24 Å². The van der Waals surface area contributed by atoms with Crippen LogP contribution in [0.3, 0.4) is 0 Å². The van der Waals surface area contributed by atoms with Crippen molar-refractivity contribution in [2.45, 2.75) is 70.1 Å². The molecule has 2 unspecified atom stereocenters. The number of allylic oxidation sites excluding steroid dienone is 5. The fourth-order valence-electron chi connectivity index (χ4n) is 12.2. The van der Waals surface area contributed by atoms with Crippen LogP contribution in [-0.2, 0) is 21.7 Å². The smallest absolute Gasteiger partial charge is 0.0714 e. The van der Waals surface area contributed by atoms with Gasteiger partial charge in [0.25, 0.3) is 0 Å². The summed E-state index contributed by atoms with van der Waals surface area (Å²) in [4.78, 5) is 2.53. The van der Waals surface area contributed by atoms with Crippen LogP contribution in [0.25, 0.3) is 39.0 Å². The summed E-state index contributed by atoms with van der Waals surface area (Å²) in [6.45, 7) is 16.8. The Morgan fingerprint density at radius 1 is 0.433 bits per heavy atom. The van der Waals surface area contributed by atoms with Crippen molar-refractivity contribution < 1.29 is 0 Å². The highest BCUT2D eigenvalue weighted by Gasteiger charge is 2.48. The molecule has 0 N–H and O–H groups in total. The molecule has 0 radical (unpaired) electrons. The monoisotopic (exact) mass is 863 g/mol. The Hall–Kier alpha value is -7.22. The zero-order chi connectivity index (χ0) is 45.9. The molecule has 3 aliphatic carbocycles. The number of hydrogen-bond acceptors (Lipinski definition) is 1. The van der Waals surface area contributed by atoms with Crippen molar-refractivity contribution >= 4 is 16.9 Å². The average molecular weight is 864 g/mol. The molecule has 0 spiro atoms. The molecule has 6 bridgehead atoms. The Bertz CT molecular complexity index is 3370. The summed E-state index contributed by atoms with van der Waals surface area (Å²) in [7, 11) is 0. The molecule has 1 aliphatic heterocycles. The van der Waals surface area contributed by atoms with Gasteiger partial charge in [0.1, 0.15) is 0 Å². The summed E-state index contributed by atoms with van der Waals surface area (Å²) in [6.07, 6.45) is 9.71. The summed E-state index contributed by atoms with van der Waals surface area (Å²) in [5, 5.41) is 0. The van der Waals surface area contributed by atoms with Gasteiger partial charge < -0.3 is 4.90 Å². The number of nitrogens with zero attached hydrogens (tertiary/aromatic N) is 1. The second-order valence-corrected chi connectivity index (χ2v) is 21.4. The Labute approximate surface area is 397 Å². The van der Waals surface area contributed by atoms with Gasteiger partial charge in [0, 0.05) is 33.8 Å². The van der Waals surface area contributed by atoms with E-state index in [4.69, 9.17) is 0 Å². The van der Waals surface area contributed by atoms with Crippen molar-refractivity contribution in [1.29, 1.82) is 0 Å². The molecular weight excluding hydrogens is 807 g/mol. The summed E-state index contributed by atoms with van der Waals surface area (Å²) >= 11 is 0. The minimum atomic E-state index is -0.625. The van der Waals surface area contributed by atoms with Crippen molar-refractivity contribution in [2.24, 2.45) is 5.92 Å². The number of anilines is 2. The first kappa shape index (κ1) is 41.2. The Morgan fingerprint density at radius 2 is 0.970 bits per heavy atom. The van der Waals surface area contributed by atoms with Crippen LogP contribution in [-0.4, -0.2) is 0 Å². The average Bonchev–Trinajstić information content (AvgIpc) is 3.63. The van der Waals surface area contributed by atoms with Crippen LogP contribution in [0.4, 0.5) is 11.4 Å². The van der Waals surface area contributed by atoms with Crippen molar-refractivity contribution in [3.05, 3.63) is 268 Å². The lowest BCUT2D eigenvalue weighted by molar-refractivity contribution is 0.452. The van der Waals surface area contributed by atoms with Gasteiger partial charge >= 0.3 is 0 Å². The minimum absolute atomic E-state index is 0.0541. The van der Waals surface area contributed by atoms with E-state index < -0.39 is 5.41 Å². The van der Waals surface area contributed by atoms with Gasteiger partial charge in [0.2, 0.25) is 0 Å². The van der Waals surface area contributed by atoms with Crippen LogP contribution in [0.1, 0.15) is 98.5 Å². The maximum atomic E-state index is 2.59. The van der Waals surface area contributed by atoms with Crippen LogP contribution < -0.4 is 4.90 Å². The quantitative estimate of drug-likeness (QED) is 0.170. The van der Waals surface area contributed by atoms with E-state index in [2.05, 4.69) is 266 Å². The Kier molecular flexibility index (Phi) is 9.17. The summed E-state index contributed by atoms with van der Waals surface area (Å²) in [5.41, 5.74) is 23.1. The fraction of sp³-hybridized carbons (Fsp3) is 0.182. The van der Waals surface area contributed by atoms with Gasteiger partial charge in [-0.25, -0.2) is 0 Å². The lowest BCUT2D eigenvalue weighted by Gasteiger charge is -2.39. The maximum Gasteiger partial charge on any atom is 0.0714 e.